The molecule has 4 heterocycles. The number of rotatable bonds is 20. The zero-order valence-corrected chi connectivity index (χ0v) is 78.7. The van der Waals surface area contributed by atoms with Crippen molar-refractivity contribution in [1.82, 2.24) is 19.9 Å². The van der Waals surface area contributed by atoms with Crippen LogP contribution in [0.4, 0.5) is 68.2 Å². The largest absolute Gasteiger partial charge is 0.311 e. The number of pyridine rings is 4. The van der Waals surface area contributed by atoms with Gasteiger partial charge in [-0.15, -0.1) is 0 Å². The van der Waals surface area contributed by atoms with Crippen molar-refractivity contribution in [1.29, 1.82) is 0 Å². The number of para-hydroxylation sites is 6. The fraction of sp³-hybridized carbons (Fsp3) is 0. The molecule has 22 aromatic carbocycles. The van der Waals surface area contributed by atoms with Gasteiger partial charge in [0.1, 0.15) is 0 Å². The monoisotopic (exact) mass is 1840 g/mol. The molecule has 0 aliphatic heterocycles. The molecule has 0 saturated carbocycles. The van der Waals surface area contributed by atoms with Crippen molar-refractivity contribution in [2.24, 2.45) is 0 Å². The third-order valence-corrected chi connectivity index (χ3v) is 27.9. The minimum Gasteiger partial charge on any atom is -0.311 e. The van der Waals surface area contributed by atoms with Crippen LogP contribution in [0.2, 0.25) is 0 Å². The van der Waals surface area contributed by atoms with Gasteiger partial charge in [-0.3, -0.25) is 19.9 Å². The lowest BCUT2D eigenvalue weighted by Gasteiger charge is -2.30. The Bertz CT molecular complexity index is 8980. The lowest BCUT2D eigenvalue weighted by molar-refractivity contribution is 1.26. The number of hydrogen-bond acceptors (Lipinski definition) is 8. The Morgan fingerprint density at radius 2 is 0.347 bits per heavy atom. The predicted octanol–water partition coefficient (Wildman–Crippen LogP) is 37.4. The highest BCUT2D eigenvalue weighted by molar-refractivity contribution is 6.26. The number of anilines is 12. The van der Waals surface area contributed by atoms with Gasteiger partial charge in [0.25, 0.3) is 0 Å². The van der Waals surface area contributed by atoms with E-state index < -0.39 is 0 Å². The summed E-state index contributed by atoms with van der Waals surface area (Å²) in [7, 11) is 0. The van der Waals surface area contributed by atoms with Gasteiger partial charge in [-0.05, 0) is 336 Å². The van der Waals surface area contributed by atoms with Crippen LogP contribution >= 0.6 is 0 Å². The maximum atomic E-state index is 4.35. The van der Waals surface area contributed by atoms with Crippen LogP contribution in [0.3, 0.4) is 0 Å². The van der Waals surface area contributed by atoms with E-state index in [0.29, 0.717) is 0 Å². The first kappa shape index (κ1) is 86.3. The minimum atomic E-state index is 1.05. The molecule has 144 heavy (non-hydrogen) atoms. The SMILES string of the molecule is c1ccc(N(c2ccccc2)c2ccc(N(c3ccccc3)c3ccc4c(-c5ccc(-c6ccc7cnccc7c6)cc5)c5ccccc5c(-c5ccc(-c6ccc7cnccc7c6)cc5)c4c3)cc2)cc1.c1ccc(N(c2ccccc2)c2ccc(N(c3ccccc3)c3cccc4c(-c5ccc(-c6ccc7cnccc7c6)cc5)c5ccccc5c(-c5ccc(-c6ccc7cnccc7c6)cc5)c34)cc2)cc1. The molecule has 4 aromatic heterocycles. The highest BCUT2D eigenvalue weighted by Gasteiger charge is 2.27. The highest BCUT2D eigenvalue weighted by atomic mass is 15.2. The van der Waals surface area contributed by atoms with Crippen LogP contribution in [0.5, 0.6) is 0 Å². The van der Waals surface area contributed by atoms with Gasteiger partial charge in [0.15, 0.2) is 0 Å². The minimum absolute atomic E-state index is 1.05. The predicted molar refractivity (Wildman–Crippen MR) is 606 cm³/mol. The van der Waals surface area contributed by atoms with E-state index in [4.69, 9.17) is 0 Å². The average molecular weight is 1840 g/mol. The fourth-order valence-electron chi connectivity index (χ4n) is 21.0. The standard InChI is InChI=1S/2C68H46N4/c1-4-13-57(14-5-1)71(58-15-6-2-7-16-58)60-35-37-61(38-36-60)72(59-17-8-3-9-18-59)65-22-12-21-64-66(49-27-23-47(24-28-49)51-31-33-55-45-69-41-39-53(55)43-51)62-19-10-11-20-63(62)67(68(64)65)50-29-25-48(26-30-50)52-32-34-56-46-70-42-40-54(56)44-52;1-4-12-57(13-5-1)71(58-14-6-2-7-15-58)60-32-34-61(35-33-60)72(59-16-8-3-9-17-59)62-36-37-65-66(44-62)68(50-26-22-48(23-27-50)52-29-31-56-46-70-41-39-54(56)43-52)64-19-11-10-18-63(64)67(65)49-24-20-47(21-25-49)51-28-30-55-45-69-40-38-53(55)42-51/h2*1-46H. The average Bonchev–Trinajstić information content (AvgIpc) is 0.708. The van der Waals surface area contributed by atoms with Gasteiger partial charge in [0, 0.05) is 139 Å². The molecular weight excluding hydrogens is 1750 g/mol. The summed E-state index contributed by atoms with van der Waals surface area (Å²) in [4.78, 5) is 26.8. The molecule has 0 bridgehead atoms. The Kier molecular flexibility index (Phi) is 22.9. The quantitative estimate of drug-likeness (QED) is 0.0700. The van der Waals surface area contributed by atoms with E-state index in [1.165, 1.54) is 131 Å². The van der Waals surface area contributed by atoms with Gasteiger partial charge in [0.2, 0.25) is 0 Å². The number of nitrogens with zero attached hydrogens (tertiary/aromatic N) is 8. The zero-order valence-electron chi connectivity index (χ0n) is 78.7. The maximum absolute atomic E-state index is 4.35. The second-order valence-electron chi connectivity index (χ2n) is 36.5. The number of hydrogen-bond donors (Lipinski definition) is 0. The highest BCUT2D eigenvalue weighted by Crippen LogP contribution is 2.53. The van der Waals surface area contributed by atoms with Crippen LogP contribution in [0, 0.1) is 0 Å². The van der Waals surface area contributed by atoms with Gasteiger partial charge in [0.05, 0.1) is 5.69 Å². The summed E-state index contributed by atoms with van der Waals surface area (Å²) in [5.41, 5.74) is 31.8. The van der Waals surface area contributed by atoms with Crippen molar-refractivity contribution in [2.45, 2.75) is 0 Å². The van der Waals surface area contributed by atoms with E-state index in [-0.39, 0.29) is 0 Å². The molecule has 8 nitrogen and oxygen atoms in total. The van der Waals surface area contributed by atoms with Gasteiger partial charge in [-0.25, -0.2) is 0 Å². The first-order valence-corrected chi connectivity index (χ1v) is 48.9. The Balaban J connectivity index is 0.000000151. The Hall–Kier alpha value is -19.3. The molecule has 0 atom stereocenters. The van der Waals surface area contributed by atoms with Gasteiger partial charge >= 0.3 is 0 Å². The molecular formula is C136H92N8. The van der Waals surface area contributed by atoms with Crippen LogP contribution in [-0.4, -0.2) is 19.9 Å². The van der Waals surface area contributed by atoms with Crippen molar-refractivity contribution in [3.05, 3.63) is 559 Å². The summed E-state index contributed by atoms with van der Waals surface area (Å²) < 4.78 is 0. The Morgan fingerprint density at radius 3 is 0.667 bits per heavy atom. The molecule has 0 saturated heterocycles. The first-order valence-electron chi connectivity index (χ1n) is 48.9. The molecule has 0 unspecified atom stereocenters. The van der Waals surface area contributed by atoms with Crippen molar-refractivity contribution in [2.75, 3.05) is 19.6 Å². The van der Waals surface area contributed by atoms with Crippen LogP contribution in [0.15, 0.2) is 559 Å². The van der Waals surface area contributed by atoms with E-state index in [1.54, 1.807) is 0 Å². The summed E-state index contributed by atoms with van der Waals surface area (Å²) in [6.07, 6.45) is 15.1. The molecule has 0 aliphatic rings. The lowest BCUT2D eigenvalue weighted by atomic mass is 9.84. The molecule has 0 fully saturated rings. The van der Waals surface area contributed by atoms with Gasteiger partial charge in [-0.2, -0.15) is 0 Å². The summed E-state index contributed by atoms with van der Waals surface area (Å²) in [5.74, 6) is 0. The molecule has 0 N–H and O–H groups in total. The summed E-state index contributed by atoms with van der Waals surface area (Å²) in [6.45, 7) is 0. The van der Waals surface area contributed by atoms with E-state index in [1.807, 2.05) is 49.6 Å². The maximum Gasteiger partial charge on any atom is 0.0546 e. The van der Waals surface area contributed by atoms with Crippen molar-refractivity contribution in [3.8, 4) is 89.0 Å². The van der Waals surface area contributed by atoms with Crippen molar-refractivity contribution >= 4 is 154 Å². The van der Waals surface area contributed by atoms with Crippen LogP contribution in [-0.2, 0) is 0 Å². The van der Waals surface area contributed by atoms with E-state index in [2.05, 4.69) is 549 Å². The topological polar surface area (TPSA) is 64.5 Å². The normalized spacial score (nSPS) is 11.3. The molecule has 0 spiro atoms. The molecule has 8 heteroatoms. The smallest absolute Gasteiger partial charge is 0.0546 e. The second kappa shape index (κ2) is 38.2. The third kappa shape index (κ3) is 16.7. The number of fused-ring (bicyclic) bond motifs is 8. The number of aromatic nitrogens is 4. The summed E-state index contributed by atoms with van der Waals surface area (Å²) in [5, 5.41) is 18.8. The van der Waals surface area contributed by atoms with E-state index in [9.17, 15) is 0 Å². The molecule has 0 amide bonds. The van der Waals surface area contributed by atoms with E-state index >= 15 is 0 Å². The zero-order chi connectivity index (χ0) is 95.6. The Labute approximate surface area is 836 Å². The first-order chi connectivity index (χ1) is 71.4. The van der Waals surface area contributed by atoms with Crippen molar-refractivity contribution < 1.29 is 0 Å². The second-order valence-corrected chi connectivity index (χ2v) is 36.5. The fourth-order valence-corrected chi connectivity index (χ4v) is 21.0. The van der Waals surface area contributed by atoms with Gasteiger partial charge < -0.3 is 19.6 Å². The summed E-state index contributed by atoms with van der Waals surface area (Å²) >= 11 is 0. The molecule has 26 aromatic rings. The van der Waals surface area contributed by atoms with E-state index in [0.717, 1.165) is 112 Å². The molecule has 676 valence electrons. The van der Waals surface area contributed by atoms with Crippen LogP contribution in [0.25, 0.3) is 175 Å². The Morgan fingerprint density at radius 1 is 0.125 bits per heavy atom. The lowest BCUT2D eigenvalue weighted by Crippen LogP contribution is -2.12. The third-order valence-electron chi connectivity index (χ3n) is 27.9. The van der Waals surface area contributed by atoms with Crippen LogP contribution < -0.4 is 19.6 Å². The molecule has 26 rings (SSSR count). The molecule has 0 aliphatic carbocycles. The van der Waals surface area contributed by atoms with Gasteiger partial charge in [-0.1, -0.05) is 322 Å². The van der Waals surface area contributed by atoms with Crippen molar-refractivity contribution in [3.63, 3.8) is 0 Å². The number of benzene rings is 22. The summed E-state index contributed by atoms with van der Waals surface area (Å²) in [6, 6.07) is 185. The molecule has 0 radical (unpaired) electrons. The van der Waals surface area contributed by atoms with Crippen LogP contribution in [0.1, 0.15) is 0 Å².